The highest BCUT2D eigenvalue weighted by atomic mass is 16.6. The van der Waals surface area contributed by atoms with Crippen LogP contribution in [-0.2, 0) is 0 Å². The van der Waals surface area contributed by atoms with Crippen LogP contribution in [0.2, 0.25) is 0 Å². The zero-order chi connectivity index (χ0) is 19.7. The Morgan fingerprint density at radius 2 is 1.63 bits per heavy atom. The molecule has 27 heavy (non-hydrogen) atoms. The number of carbonyl (C=O) groups excluding carboxylic acids is 1. The number of fused-ring (bicyclic) bond motifs is 1. The van der Waals surface area contributed by atoms with Gasteiger partial charge in [-0.25, -0.2) is 0 Å². The topological polar surface area (TPSA) is 104 Å². The van der Waals surface area contributed by atoms with Crippen molar-refractivity contribution < 1.29 is 38.7 Å². The number of phenolic OH excluding ortho intramolecular Hbond substituents is 2. The van der Waals surface area contributed by atoms with Gasteiger partial charge >= 0.3 is 0 Å². The minimum Gasteiger partial charge on any atom is -0.507 e. The Hall–Kier alpha value is -3.29. The molecule has 0 bridgehead atoms. The lowest BCUT2D eigenvalue weighted by molar-refractivity contribution is 0.0827. The highest BCUT2D eigenvalue weighted by Crippen LogP contribution is 2.56. The van der Waals surface area contributed by atoms with Crippen molar-refractivity contribution in [3.8, 4) is 40.2 Å². The standard InChI is InChI=1S/C19H20O8/c1-23-11-7-5-6-9(20)13(11)12-8-10(21)14-15(22)17(24-2)19(26-4)18(25-3)16(14)27-12/h5-7,12,20,22H,8H2,1-4H3. The quantitative estimate of drug-likeness (QED) is 0.821. The van der Waals surface area contributed by atoms with Crippen LogP contribution in [0, 0.1) is 0 Å². The maximum atomic E-state index is 12.8. The molecule has 2 aromatic carbocycles. The third-order valence-electron chi connectivity index (χ3n) is 4.40. The summed E-state index contributed by atoms with van der Waals surface area (Å²) in [5, 5.41) is 20.8. The number of phenols is 2. The van der Waals surface area contributed by atoms with Gasteiger partial charge in [-0.3, -0.25) is 4.79 Å². The van der Waals surface area contributed by atoms with Crippen molar-refractivity contribution in [2.75, 3.05) is 28.4 Å². The average Bonchev–Trinajstić information content (AvgIpc) is 2.66. The van der Waals surface area contributed by atoms with E-state index in [9.17, 15) is 15.0 Å². The summed E-state index contributed by atoms with van der Waals surface area (Å²) in [4.78, 5) is 12.8. The van der Waals surface area contributed by atoms with Gasteiger partial charge in [0.15, 0.2) is 17.3 Å². The van der Waals surface area contributed by atoms with Crippen molar-refractivity contribution in [2.24, 2.45) is 0 Å². The van der Waals surface area contributed by atoms with Crippen LogP contribution in [0.3, 0.4) is 0 Å². The van der Waals surface area contributed by atoms with Crippen molar-refractivity contribution in [3.63, 3.8) is 0 Å². The fraction of sp³-hybridized carbons (Fsp3) is 0.316. The molecule has 2 N–H and O–H groups in total. The maximum absolute atomic E-state index is 12.8. The van der Waals surface area contributed by atoms with Crippen molar-refractivity contribution >= 4 is 5.78 Å². The number of rotatable bonds is 5. The number of Topliss-reactive ketones (excluding diaryl/α,β-unsaturated/α-hetero) is 1. The first-order valence-electron chi connectivity index (χ1n) is 8.09. The van der Waals surface area contributed by atoms with E-state index in [2.05, 4.69) is 0 Å². The molecule has 2 aromatic rings. The van der Waals surface area contributed by atoms with Crippen molar-refractivity contribution in [1.82, 2.24) is 0 Å². The van der Waals surface area contributed by atoms with Crippen molar-refractivity contribution in [2.45, 2.75) is 12.5 Å². The van der Waals surface area contributed by atoms with Gasteiger partial charge in [0.25, 0.3) is 0 Å². The SMILES string of the molecule is COc1cccc(O)c1C1CC(=O)c2c(O)c(OC)c(OC)c(OC)c2O1. The van der Waals surface area contributed by atoms with Gasteiger partial charge in [0.2, 0.25) is 17.2 Å². The van der Waals surface area contributed by atoms with Crippen molar-refractivity contribution in [1.29, 1.82) is 0 Å². The summed E-state index contributed by atoms with van der Waals surface area (Å²) in [5.41, 5.74) is 0.269. The molecule has 0 fully saturated rings. The van der Waals surface area contributed by atoms with Crippen LogP contribution >= 0.6 is 0 Å². The first-order valence-corrected chi connectivity index (χ1v) is 8.09. The normalized spacial score (nSPS) is 15.6. The second-order valence-electron chi connectivity index (χ2n) is 5.78. The van der Waals surface area contributed by atoms with Gasteiger partial charge in [-0.05, 0) is 12.1 Å². The number of hydrogen-bond acceptors (Lipinski definition) is 8. The smallest absolute Gasteiger partial charge is 0.211 e. The van der Waals surface area contributed by atoms with Crippen LogP contribution in [0.15, 0.2) is 18.2 Å². The van der Waals surface area contributed by atoms with Gasteiger partial charge in [-0.15, -0.1) is 0 Å². The van der Waals surface area contributed by atoms with E-state index < -0.39 is 17.6 Å². The molecule has 0 aromatic heterocycles. The van der Waals surface area contributed by atoms with Crippen LogP contribution in [0.1, 0.15) is 28.4 Å². The lowest BCUT2D eigenvalue weighted by Crippen LogP contribution is -2.22. The first kappa shape index (κ1) is 18.5. The van der Waals surface area contributed by atoms with E-state index >= 15 is 0 Å². The lowest BCUT2D eigenvalue weighted by atomic mass is 9.93. The van der Waals surface area contributed by atoms with Crippen LogP contribution in [0.5, 0.6) is 40.2 Å². The van der Waals surface area contributed by atoms with Gasteiger partial charge in [-0.2, -0.15) is 0 Å². The van der Waals surface area contributed by atoms with Crippen LogP contribution in [0.25, 0.3) is 0 Å². The monoisotopic (exact) mass is 376 g/mol. The molecule has 0 aliphatic carbocycles. The predicted octanol–water partition coefficient (Wildman–Crippen LogP) is 2.84. The molecule has 0 radical (unpaired) electrons. The summed E-state index contributed by atoms with van der Waals surface area (Å²) >= 11 is 0. The molecule has 8 nitrogen and oxygen atoms in total. The number of benzene rings is 2. The van der Waals surface area contributed by atoms with Gasteiger partial charge in [-0.1, -0.05) is 6.07 Å². The van der Waals surface area contributed by atoms with E-state index in [4.69, 9.17) is 23.7 Å². The third-order valence-corrected chi connectivity index (χ3v) is 4.40. The zero-order valence-electron chi connectivity index (χ0n) is 15.4. The minimum atomic E-state index is -0.840. The number of aromatic hydroxyl groups is 2. The largest absolute Gasteiger partial charge is 0.507 e. The van der Waals surface area contributed by atoms with Crippen LogP contribution < -0.4 is 23.7 Å². The number of carbonyl (C=O) groups is 1. The second kappa shape index (κ2) is 7.14. The summed E-state index contributed by atoms with van der Waals surface area (Å²) in [6, 6.07) is 4.75. The highest BCUT2D eigenvalue weighted by molar-refractivity contribution is 6.05. The Balaban J connectivity index is 2.21. The average molecular weight is 376 g/mol. The van der Waals surface area contributed by atoms with Crippen LogP contribution in [-0.4, -0.2) is 44.4 Å². The lowest BCUT2D eigenvalue weighted by Gasteiger charge is -2.29. The van der Waals surface area contributed by atoms with Gasteiger partial charge in [0.05, 0.1) is 40.4 Å². The number of ether oxygens (including phenoxy) is 5. The molecule has 0 amide bonds. The van der Waals surface area contributed by atoms with Gasteiger partial charge < -0.3 is 33.9 Å². The molecule has 3 rings (SSSR count). The highest BCUT2D eigenvalue weighted by Gasteiger charge is 2.39. The molecular formula is C19H20O8. The Morgan fingerprint density at radius 1 is 0.963 bits per heavy atom. The Kier molecular flexibility index (Phi) is 4.89. The van der Waals surface area contributed by atoms with E-state index in [1.54, 1.807) is 12.1 Å². The molecule has 0 saturated heterocycles. The molecule has 1 unspecified atom stereocenters. The van der Waals surface area contributed by atoms with E-state index in [0.717, 1.165) is 0 Å². The second-order valence-corrected chi connectivity index (χ2v) is 5.78. The minimum absolute atomic E-state index is 0.0132. The molecule has 1 aliphatic rings. The van der Waals surface area contributed by atoms with Gasteiger partial charge in [0, 0.05) is 0 Å². The molecule has 1 atom stereocenters. The Bertz CT molecular complexity index is 890. The predicted molar refractivity (Wildman–Crippen MR) is 94.7 cm³/mol. The fourth-order valence-electron chi connectivity index (χ4n) is 3.23. The molecule has 0 spiro atoms. The number of hydrogen-bond donors (Lipinski definition) is 2. The Morgan fingerprint density at radius 3 is 2.22 bits per heavy atom. The van der Waals surface area contributed by atoms with Crippen molar-refractivity contribution in [3.05, 3.63) is 29.3 Å². The number of methoxy groups -OCH3 is 4. The summed E-state index contributed by atoms with van der Waals surface area (Å²) in [5.74, 6) is -0.299. The third kappa shape index (κ3) is 2.83. The van der Waals surface area contributed by atoms with Gasteiger partial charge in [0.1, 0.15) is 23.2 Å². The summed E-state index contributed by atoms with van der Waals surface area (Å²) in [6.45, 7) is 0. The summed E-state index contributed by atoms with van der Waals surface area (Å²) < 4.78 is 27.1. The molecular weight excluding hydrogens is 356 g/mol. The molecule has 8 heteroatoms. The van der Waals surface area contributed by atoms with Crippen LogP contribution in [0.4, 0.5) is 0 Å². The first-order chi connectivity index (χ1) is 13.0. The maximum Gasteiger partial charge on any atom is 0.211 e. The summed E-state index contributed by atoms with van der Waals surface area (Å²) in [6.07, 6.45) is -0.958. The molecule has 1 heterocycles. The molecule has 144 valence electrons. The molecule has 1 aliphatic heterocycles. The van der Waals surface area contributed by atoms with E-state index in [1.807, 2.05) is 0 Å². The van der Waals surface area contributed by atoms with E-state index in [-0.39, 0.29) is 40.7 Å². The molecule has 0 saturated carbocycles. The fourth-order valence-corrected chi connectivity index (χ4v) is 3.23. The van der Waals surface area contributed by atoms with E-state index in [0.29, 0.717) is 11.3 Å². The van der Waals surface area contributed by atoms with E-state index in [1.165, 1.54) is 34.5 Å². The Labute approximate surface area is 155 Å². The summed E-state index contributed by atoms with van der Waals surface area (Å²) in [7, 11) is 5.55. The number of ketones is 1. The zero-order valence-corrected chi connectivity index (χ0v) is 15.4.